The number of carbonyl (C=O) groups is 3. The summed E-state index contributed by atoms with van der Waals surface area (Å²) in [6.45, 7) is 1.27. The first-order valence-electron chi connectivity index (χ1n) is 18.5. The molecule has 6 rings (SSSR count). The molecule has 0 saturated heterocycles. The summed E-state index contributed by atoms with van der Waals surface area (Å²) >= 11 is 8.44. The molecule has 0 radical (unpaired) electrons. The van der Waals surface area contributed by atoms with Gasteiger partial charge < -0.3 is 37.3 Å². The summed E-state index contributed by atoms with van der Waals surface area (Å²) in [5, 5.41) is 11.7. The van der Waals surface area contributed by atoms with Crippen molar-refractivity contribution in [2.45, 2.75) is 79.7 Å². The molecule has 1 aliphatic heterocycles. The number of halogens is 1. The van der Waals surface area contributed by atoms with Gasteiger partial charge in [-0.3, -0.25) is 14.4 Å². The van der Waals surface area contributed by atoms with E-state index in [-0.39, 0.29) is 30.7 Å². The minimum Gasteiger partial charge on any atom is -0.361 e. The second-order valence-electron chi connectivity index (χ2n) is 13.6. The highest BCUT2D eigenvalue weighted by atomic mass is 35.5. The third-order valence-corrected chi connectivity index (χ3v) is 11.5. The largest absolute Gasteiger partial charge is 0.361 e. The number of amides is 3. The van der Waals surface area contributed by atoms with Gasteiger partial charge in [0.25, 0.3) is 0 Å². The molecule has 5 aromatic rings. The summed E-state index contributed by atoms with van der Waals surface area (Å²) in [7, 11) is 1.62. The van der Waals surface area contributed by atoms with Crippen LogP contribution >= 0.6 is 23.4 Å². The summed E-state index contributed by atoms with van der Waals surface area (Å²) in [6.07, 6.45) is 9.64. The van der Waals surface area contributed by atoms with Crippen LogP contribution < -0.4 is 27.4 Å². The van der Waals surface area contributed by atoms with Crippen molar-refractivity contribution < 1.29 is 14.4 Å². The molecular weight excluding hydrogens is 736 g/mol. The molecule has 4 heterocycles. The number of likely N-dealkylation sites (N-methyl/N-ethyl adjacent to an activating group) is 1. The van der Waals surface area contributed by atoms with Gasteiger partial charge in [-0.05, 0) is 92.2 Å². The van der Waals surface area contributed by atoms with Crippen molar-refractivity contribution in [3.8, 4) is 11.3 Å². The van der Waals surface area contributed by atoms with Crippen LogP contribution in [0.1, 0.15) is 48.8 Å². The van der Waals surface area contributed by atoms with E-state index in [4.69, 9.17) is 28.1 Å². The van der Waals surface area contributed by atoms with Gasteiger partial charge in [-0.25, -0.2) is 15.0 Å². The number of nitrogens with two attached hydrogens (primary N) is 2. The number of rotatable bonds is 10. The molecule has 15 heteroatoms. The van der Waals surface area contributed by atoms with Crippen LogP contribution in [0.4, 0.5) is 0 Å². The molecule has 8 N–H and O–H groups in total. The van der Waals surface area contributed by atoms with Gasteiger partial charge in [-0.15, -0.1) is 0 Å². The van der Waals surface area contributed by atoms with E-state index in [9.17, 15) is 14.4 Å². The number of nitrogens with zero attached hydrogens (tertiary/aromatic N) is 4. The number of fused-ring (bicyclic) bond motifs is 3. The zero-order chi connectivity index (χ0) is 38.7. The maximum atomic E-state index is 14.5. The average Bonchev–Trinajstić information content (AvgIpc) is 3.62. The number of pyridine rings is 1. The van der Waals surface area contributed by atoms with E-state index < -0.39 is 18.1 Å². The Morgan fingerprint density at radius 3 is 2.51 bits per heavy atom. The van der Waals surface area contributed by atoms with Crippen LogP contribution in [-0.2, 0) is 33.9 Å². The molecule has 0 bridgehead atoms. The van der Waals surface area contributed by atoms with Crippen LogP contribution in [0.3, 0.4) is 0 Å². The maximum absolute atomic E-state index is 14.5. The predicted octanol–water partition coefficient (Wildman–Crippen LogP) is 4.33. The number of carbonyl (C=O) groups excluding carboxylic acids is 3. The summed E-state index contributed by atoms with van der Waals surface area (Å²) in [5.74, 6) is -1.05. The van der Waals surface area contributed by atoms with Gasteiger partial charge in [-0.1, -0.05) is 47.6 Å². The number of aromatic amines is 1. The zero-order valence-corrected chi connectivity index (χ0v) is 32.3. The Labute approximate surface area is 329 Å². The molecule has 13 nitrogen and oxygen atoms in total. The SMILES string of the molecule is CN1C(=O)C(CCCCN)NC(=O)C(CCCN)NCc2cccnc2Sc2c(Cl)cc(-c3ccncn3)cc2CNC(=O)C1Cc1c[nH]c2ccccc12. The molecule has 3 atom stereocenters. The number of benzene rings is 2. The van der Waals surface area contributed by atoms with Crippen LogP contribution in [0.5, 0.6) is 0 Å². The zero-order valence-electron chi connectivity index (χ0n) is 30.8. The first-order valence-corrected chi connectivity index (χ1v) is 19.7. The van der Waals surface area contributed by atoms with Gasteiger partial charge in [0.2, 0.25) is 17.7 Å². The van der Waals surface area contributed by atoms with E-state index >= 15 is 0 Å². The second-order valence-corrected chi connectivity index (χ2v) is 15.0. The Kier molecular flexibility index (Phi) is 13.9. The van der Waals surface area contributed by atoms with Crippen LogP contribution in [-0.4, -0.2) is 80.8 Å². The summed E-state index contributed by atoms with van der Waals surface area (Å²) < 4.78 is 0. The van der Waals surface area contributed by atoms with Crippen molar-refractivity contribution in [2.75, 3.05) is 20.1 Å². The van der Waals surface area contributed by atoms with E-state index in [1.807, 2.05) is 54.7 Å². The molecule has 0 saturated carbocycles. The van der Waals surface area contributed by atoms with Gasteiger partial charge >= 0.3 is 0 Å². The molecule has 2 aromatic carbocycles. The monoisotopic (exact) mass is 782 g/mol. The lowest BCUT2D eigenvalue weighted by Crippen LogP contribution is -2.57. The molecular formula is C40H47ClN10O3S. The number of hydrogen-bond acceptors (Lipinski definition) is 10. The van der Waals surface area contributed by atoms with E-state index in [2.05, 4.69) is 30.9 Å². The molecule has 1 aliphatic rings. The predicted molar refractivity (Wildman–Crippen MR) is 215 cm³/mol. The third-order valence-electron chi connectivity index (χ3n) is 9.82. The number of unbranched alkanes of at least 4 members (excludes halogenated alkanes) is 1. The lowest BCUT2D eigenvalue weighted by Gasteiger charge is -2.32. The minimum atomic E-state index is -0.929. The normalized spacial score (nSPS) is 18.7. The van der Waals surface area contributed by atoms with Crippen molar-refractivity contribution in [2.24, 2.45) is 11.5 Å². The molecule has 3 amide bonds. The minimum absolute atomic E-state index is 0.102. The smallest absolute Gasteiger partial charge is 0.245 e. The average molecular weight is 783 g/mol. The lowest BCUT2D eigenvalue weighted by atomic mass is 10.0. The van der Waals surface area contributed by atoms with Crippen molar-refractivity contribution in [1.29, 1.82) is 0 Å². The second kappa shape index (κ2) is 19.1. The fourth-order valence-electron chi connectivity index (χ4n) is 6.77. The Morgan fingerprint density at radius 2 is 1.71 bits per heavy atom. The summed E-state index contributed by atoms with van der Waals surface area (Å²) in [4.78, 5) is 61.7. The van der Waals surface area contributed by atoms with Crippen molar-refractivity contribution in [1.82, 2.24) is 40.8 Å². The first kappa shape index (κ1) is 39.8. The molecule has 288 valence electrons. The highest BCUT2D eigenvalue weighted by molar-refractivity contribution is 7.99. The van der Waals surface area contributed by atoms with E-state index in [0.29, 0.717) is 72.4 Å². The molecule has 0 fully saturated rings. The number of para-hydroxylation sites is 1. The van der Waals surface area contributed by atoms with Crippen molar-refractivity contribution >= 4 is 52.0 Å². The Morgan fingerprint density at radius 1 is 0.891 bits per heavy atom. The first-order chi connectivity index (χ1) is 26.8. The fraction of sp³-hybridized carbons (Fsp3) is 0.350. The van der Waals surface area contributed by atoms with Crippen LogP contribution in [0.25, 0.3) is 22.2 Å². The molecule has 0 aliphatic carbocycles. The third kappa shape index (κ3) is 9.88. The Bertz CT molecular complexity index is 2100. The molecule has 55 heavy (non-hydrogen) atoms. The lowest BCUT2D eigenvalue weighted by molar-refractivity contribution is -0.142. The van der Waals surface area contributed by atoms with Gasteiger partial charge in [0, 0.05) is 66.5 Å². The van der Waals surface area contributed by atoms with E-state index in [0.717, 1.165) is 33.2 Å². The highest BCUT2D eigenvalue weighted by Gasteiger charge is 2.34. The number of nitrogens with one attached hydrogen (secondary N) is 4. The number of aromatic nitrogens is 4. The summed E-state index contributed by atoms with van der Waals surface area (Å²) in [5.41, 5.74) is 16.5. The fourth-order valence-corrected chi connectivity index (χ4v) is 8.12. The number of hydrogen-bond donors (Lipinski definition) is 6. The molecule has 0 spiro atoms. The maximum Gasteiger partial charge on any atom is 0.245 e. The topological polar surface area (TPSA) is 197 Å². The Hall–Kier alpha value is -4.86. The van der Waals surface area contributed by atoms with Crippen LogP contribution in [0.2, 0.25) is 5.02 Å². The number of H-pyrrole nitrogens is 1. The van der Waals surface area contributed by atoms with Crippen LogP contribution in [0.15, 0.2) is 89.4 Å². The van der Waals surface area contributed by atoms with Gasteiger partial charge in [0.1, 0.15) is 23.4 Å². The Balaban J connectivity index is 1.44. The van der Waals surface area contributed by atoms with Gasteiger partial charge in [0.15, 0.2) is 0 Å². The highest BCUT2D eigenvalue weighted by Crippen LogP contribution is 2.39. The molecule has 3 aromatic heterocycles. The van der Waals surface area contributed by atoms with Gasteiger partial charge in [-0.2, -0.15) is 0 Å². The van der Waals surface area contributed by atoms with E-state index in [1.54, 1.807) is 25.5 Å². The molecule has 3 unspecified atom stereocenters. The quantitative estimate of drug-likeness (QED) is 0.111. The summed E-state index contributed by atoms with van der Waals surface area (Å²) in [6, 6.07) is 14.7. The van der Waals surface area contributed by atoms with Gasteiger partial charge in [0.05, 0.1) is 16.8 Å². The van der Waals surface area contributed by atoms with Crippen molar-refractivity contribution in [3.63, 3.8) is 0 Å². The van der Waals surface area contributed by atoms with Crippen LogP contribution in [0, 0.1) is 0 Å². The standard InChI is InChI=1S/C40H47ClN10O3S/c1-51-35(20-27-22-46-32-10-3-2-9-29(27)32)38(53)48-23-28-18-26(31-13-17-44-24-49-31)19-30(41)36(28)55-39-25(8-7-16-45-39)21-47-33(12-6-15-43)37(52)50-34(40(51)54)11-4-5-14-42/h2-3,7-10,13,16-19,22,24,33-35,46-47H,4-6,11-12,14-15,20-21,23,42-43H2,1H3,(H,48,53)(H,50,52). The van der Waals surface area contributed by atoms with E-state index in [1.165, 1.54) is 23.0 Å². The van der Waals surface area contributed by atoms with Crippen molar-refractivity contribution in [3.05, 3.63) is 101 Å².